The molecule has 0 aromatic carbocycles. The molecule has 0 aliphatic carbocycles. The van der Waals surface area contributed by atoms with Crippen molar-refractivity contribution in [2.75, 3.05) is 19.8 Å². The molecule has 0 saturated carbocycles. The van der Waals surface area contributed by atoms with Crippen LogP contribution in [0.1, 0.15) is 155 Å². The van der Waals surface area contributed by atoms with E-state index in [-0.39, 0.29) is 19.4 Å². The van der Waals surface area contributed by atoms with E-state index < -0.39 is 51.1 Å². The van der Waals surface area contributed by atoms with Crippen LogP contribution in [0.2, 0.25) is 0 Å². The highest BCUT2D eigenvalue weighted by Gasteiger charge is 2.28. The van der Waals surface area contributed by atoms with E-state index in [9.17, 15) is 23.8 Å². The highest BCUT2D eigenvalue weighted by molar-refractivity contribution is 7.47. The van der Waals surface area contributed by atoms with Gasteiger partial charge in [0.15, 0.2) is 6.10 Å². The Bertz CT molecular complexity index is 1000. The smallest absolute Gasteiger partial charge is 0.472 e. The van der Waals surface area contributed by atoms with Crippen LogP contribution >= 0.6 is 7.82 Å². The summed E-state index contributed by atoms with van der Waals surface area (Å²) in [6.07, 6.45) is 33.6. The van der Waals surface area contributed by atoms with Gasteiger partial charge in [0.05, 0.1) is 13.2 Å². The van der Waals surface area contributed by atoms with Gasteiger partial charge in [0.2, 0.25) is 0 Å². The molecule has 12 heteroatoms. The van der Waals surface area contributed by atoms with Crippen molar-refractivity contribution >= 4 is 25.7 Å². The number of carbonyl (C=O) groups excluding carboxylic acids is 2. The summed E-state index contributed by atoms with van der Waals surface area (Å²) < 4.78 is 32.5. The lowest BCUT2D eigenvalue weighted by Crippen LogP contribution is -2.34. The maximum atomic E-state index is 12.5. The molecule has 0 aromatic heterocycles. The fourth-order valence-corrected chi connectivity index (χ4v) is 5.56. The van der Waals surface area contributed by atoms with Gasteiger partial charge in [-0.05, 0) is 64.2 Å². The third-order valence-corrected chi connectivity index (χ3v) is 8.81. The predicted octanol–water partition coefficient (Wildman–Crippen LogP) is 9.28. The lowest BCUT2D eigenvalue weighted by atomic mass is 10.1. The summed E-state index contributed by atoms with van der Waals surface area (Å²) in [5.74, 6) is -2.41. The Morgan fingerprint density at radius 3 is 1.64 bits per heavy atom. The van der Waals surface area contributed by atoms with Crippen LogP contribution in [0.3, 0.4) is 0 Å². The molecule has 0 aliphatic rings. The zero-order valence-electron chi connectivity index (χ0n) is 31.0. The van der Waals surface area contributed by atoms with Gasteiger partial charge in [0.25, 0.3) is 0 Å². The van der Waals surface area contributed by atoms with Crippen LogP contribution < -0.4 is 5.73 Å². The number of hydrogen-bond donors (Lipinski definition) is 3. The van der Waals surface area contributed by atoms with Gasteiger partial charge in [-0.2, -0.15) is 0 Å². The fourth-order valence-electron chi connectivity index (χ4n) is 4.78. The number of nitrogens with two attached hydrogens (primary N) is 1. The molecular formula is C38H68NO10P. The number of phosphoric ester groups is 1. The van der Waals surface area contributed by atoms with E-state index in [4.69, 9.17) is 24.8 Å². The minimum absolute atomic E-state index is 0.143. The lowest BCUT2D eigenvalue weighted by molar-refractivity contribution is -0.161. The van der Waals surface area contributed by atoms with E-state index >= 15 is 0 Å². The Balaban J connectivity index is 4.48. The molecule has 3 atom stereocenters. The number of ether oxygens (including phenoxy) is 2. The van der Waals surface area contributed by atoms with Crippen LogP contribution in [0.4, 0.5) is 0 Å². The summed E-state index contributed by atoms with van der Waals surface area (Å²) in [7, 11) is -4.71. The van der Waals surface area contributed by atoms with Crippen molar-refractivity contribution in [1.82, 2.24) is 0 Å². The number of carboxylic acids is 1. The minimum Gasteiger partial charge on any atom is -0.480 e. The van der Waals surface area contributed by atoms with Crippen LogP contribution in [-0.4, -0.2) is 59.9 Å². The third kappa shape index (κ3) is 32.9. The van der Waals surface area contributed by atoms with Gasteiger partial charge >= 0.3 is 25.7 Å². The summed E-state index contributed by atoms with van der Waals surface area (Å²) in [5.41, 5.74) is 5.31. The van der Waals surface area contributed by atoms with Crippen LogP contribution in [0.5, 0.6) is 0 Å². The number of rotatable bonds is 35. The Kier molecular flexibility index (Phi) is 32.3. The Morgan fingerprint density at radius 1 is 0.620 bits per heavy atom. The van der Waals surface area contributed by atoms with Gasteiger partial charge in [0.1, 0.15) is 12.6 Å². The molecule has 290 valence electrons. The molecule has 0 saturated heterocycles. The second-order valence-corrected chi connectivity index (χ2v) is 14.2. The molecule has 0 bridgehead atoms. The Morgan fingerprint density at radius 2 is 1.08 bits per heavy atom. The molecule has 0 rings (SSSR count). The minimum atomic E-state index is -4.71. The zero-order valence-corrected chi connectivity index (χ0v) is 31.9. The van der Waals surface area contributed by atoms with E-state index in [1.807, 2.05) is 0 Å². The average molecular weight is 730 g/mol. The average Bonchev–Trinajstić information content (AvgIpc) is 3.09. The van der Waals surface area contributed by atoms with Crippen molar-refractivity contribution in [3.05, 3.63) is 36.5 Å². The molecule has 50 heavy (non-hydrogen) atoms. The van der Waals surface area contributed by atoms with E-state index in [1.165, 1.54) is 32.1 Å². The maximum Gasteiger partial charge on any atom is 0.472 e. The number of hydrogen-bond acceptors (Lipinski definition) is 9. The van der Waals surface area contributed by atoms with E-state index in [1.54, 1.807) is 0 Å². The number of carbonyl (C=O) groups is 3. The fraction of sp³-hybridized carbons (Fsp3) is 0.763. The van der Waals surface area contributed by atoms with E-state index in [0.717, 1.165) is 83.5 Å². The maximum absolute atomic E-state index is 12.5. The molecule has 0 heterocycles. The van der Waals surface area contributed by atoms with Crippen molar-refractivity contribution < 1.29 is 47.5 Å². The standard InChI is InChI=1S/C38H68NO10P/c1-3-5-7-9-11-13-15-16-17-18-20-22-24-26-28-30-37(41)49-34(32-47-50(44,45)48-33-35(39)38(42)43)31-46-36(40)29-27-25-23-21-19-14-12-10-8-6-4-2/h10-13,16-17,34-35H,3-9,14-15,18-33,39H2,1-2H3,(H,42,43)(H,44,45)/b12-10-,13-11-,17-16-/t34-,35+/m1/s1. The van der Waals surface area contributed by atoms with Gasteiger partial charge < -0.3 is 25.2 Å². The van der Waals surface area contributed by atoms with Crippen molar-refractivity contribution in [2.24, 2.45) is 5.73 Å². The van der Waals surface area contributed by atoms with Gasteiger partial charge in [-0.25, -0.2) is 4.57 Å². The van der Waals surface area contributed by atoms with Crippen LogP contribution in [0, 0.1) is 0 Å². The summed E-state index contributed by atoms with van der Waals surface area (Å²) in [4.78, 5) is 45.7. The molecule has 0 fully saturated rings. The van der Waals surface area contributed by atoms with Crippen molar-refractivity contribution in [3.63, 3.8) is 0 Å². The SMILES string of the molecule is CCCC/C=C\CCCCCCCC(=O)OC[C@H](COP(=O)(O)OC[C@H](N)C(=O)O)OC(=O)CCCCCCC/C=C\C/C=C\CCCCC. The van der Waals surface area contributed by atoms with Crippen molar-refractivity contribution in [3.8, 4) is 0 Å². The first-order chi connectivity index (χ1) is 24.1. The number of unbranched alkanes of at least 4 members (excludes halogenated alkanes) is 15. The first kappa shape index (κ1) is 47.7. The lowest BCUT2D eigenvalue weighted by Gasteiger charge is -2.20. The first-order valence-corrected chi connectivity index (χ1v) is 20.5. The topological polar surface area (TPSA) is 172 Å². The molecule has 0 aromatic rings. The molecule has 0 amide bonds. The Labute approximate surface area is 302 Å². The second-order valence-electron chi connectivity index (χ2n) is 12.7. The Hall–Kier alpha value is -2.30. The van der Waals surface area contributed by atoms with E-state index in [0.29, 0.717) is 12.8 Å². The van der Waals surface area contributed by atoms with Gasteiger partial charge in [-0.15, -0.1) is 0 Å². The number of allylic oxidation sites excluding steroid dienone is 6. The zero-order chi connectivity index (χ0) is 37.1. The number of aliphatic carboxylic acids is 1. The largest absolute Gasteiger partial charge is 0.480 e. The van der Waals surface area contributed by atoms with Crippen LogP contribution in [0.25, 0.3) is 0 Å². The number of phosphoric acid groups is 1. The second kappa shape index (κ2) is 33.8. The first-order valence-electron chi connectivity index (χ1n) is 19.0. The summed E-state index contributed by atoms with van der Waals surface area (Å²) >= 11 is 0. The van der Waals surface area contributed by atoms with Crippen molar-refractivity contribution in [1.29, 1.82) is 0 Å². The number of esters is 2. The van der Waals surface area contributed by atoms with Gasteiger partial charge in [-0.1, -0.05) is 115 Å². The van der Waals surface area contributed by atoms with Crippen LogP contribution in [0.15, 0.2) is 36.5 Å². The number of carboxylic acid groups (broad SMARTS) is 1. The monoisotopic (exact) mass is 729 g/mol. The highest BCUT2D eigenvalue weighted by Crippen LogP contribution is 2.43. The molecular weight excluding hydrogens is 661 g/mol. The highest BCUT2D eigenvalue weighted by atomic mass is 31.2. The molecule has 11 nitrogen and oxygen atoms in total. The normalized spacial score (nSPS) is 14.3. The predicted molar refractivity (Wildman–Crippen MR) is 199 cm³/mol. The third-order valence-electron chi connectivity index (χ3n) is 7.86. The van der Waals surface area contributed by atoms with Crippen LogP contribution in [-0.2, 0) is 37.5 Å². The van der Waals surface area contributed by atoms with Gasteiger partial charge in [-0.3, -0.25) is 23.4 Å². The molecule has 1 unspecified atom stereocenters. The summed E-state index contributed by atoms with van der Waals surface area (Å²) in [5, 5.41) is 8.85. The van der Waals surface area contributed by atoms with E-state index in [2.05, 4.69) is 54.8 Å². The molecule has 0 spiro atoms. The summed E-state index contributed by atoms with van der Waals surface area (Å²) in [6.45, 7) is 2.69. The molecule has 0 aliphatic heterocycles. The van der Waals surface area contributed by atoms with Gasteiger partial charge in [0, 0.05) is 12.8 Å². The molecule has 0 radical (unpaired) electrons. The van der Waals surface area contributed by atoms with Crippen molar-refractivity contribution in [2.45, 2.75) is 167 Å². The molecule has 4 N–H and O–H groups in total. The summed E-state index contributed by atoms with van der Waals surface area (Å²) in [6, 6.07) is -1.52. The quantitative estimate of drug-likeness (QED) is 0.0246.